The van der Waals surface area contributed by atoms with Gasteiger partial charge in [0.2, 0.25) is 5.78 Å². The zero-order chi connectivity index (χ0) is 19.8. The molecule has 0 amide bonds. The zero-order valence-corrected chi connectivity index (χ0v) is 17.5. The van der Waals surface area contributed by atoms with Crippen LogP contribution < -0.4 is 0 Å². The number of halogens is 1. The van der Waals surface area contributed by atoms with Crippen molar-refractivity contribution in [1.29, 1.82) is 0 Å². The van der Waals surface area contributed by atoms with Crippen molar-refractivity contribution in [2.45, 2.75) is 20.3 Å². The van der Waals surface area contributed by atoms with Gasteiger partial charge in [0.25, 0.3) is 0 Å². The number of benzene rings is 1. The summed E-state index contributed by atoms with van der Waals surface area (Å²) in [5.74, 6) is -1.80. The first-order valence-corrected chi connectivity index (χ1v) is 11.1. The van der Waals surface area contributed by atoms with Gasteiger partial charge in [-0.3, -0.25) is 9.59 Å². The number of aryl methyl sites for hydroxylation is 1. The van der Waals surface area contributed by atoms with Crippen molar-refractivity contribution in [1.82, 2.24) is 4.57 Å². The van der Waals surface area contributed by atoms with E-state index in [1.165, 1.54) is 0 Å². The Balaban J connectivity index is 1.72. The molecule has 1 aromatic heterocycles. The normalized spacial score (nSPS) is 18.4. The van der Waals surface area contributed by atoms with E-state index in [1.807, 2.05) is 42.7 Å². The molecule has 0 bridgehead atoms. The molecule has 1 aliphatic heterocycles. The minimum absolute atomic E-state index is 0.00545. The molecule has 3 rings (SSSR count). The van der Waals surface area contributed by atoms with Crippen LogP contribution in [0.2, 0.25) is 0 Å². The van der Waals surface area contributed by atoms with Crippen molar-refractivity contribution < 1.29 is 22.7 Å². The number of sulfone groups is 1. The minimum atomic E-state index is -3.17. The van der Waals surface area contributed by atoms with Gasteiger partial charge in [0.05, 0.1) is 17.4 Å². The van der Waals surface area contributed by atoms with Crippen LogP contribution in [0, 0.1) is 19.8 Å². The summed E-state index contributed by atoms with van der Waals surface area (Å²) in [6.45, 7) is 3.35. The van der Waals surface area contributed by atoms with Crippen molar-refractivity contribution >= 4 is 37.5 Å². The van der Waals surface area contributed by atoms with Gasteiger partial charge in [-0.05, 0) is 44.5 Å². The van der Waals surface area contributed by atoms with Crippen molar-refractivity contribution in [2.75, 3.05) is 18.1 Å². The van der Waals surface area contributed by atoms with E-state index in [4.69, 9.17) is 4.74 Å². The number of rotatable bonds is 5. The molecule has 6 nitrogen and oxygen atoms in total. The summed E-state index contributed by atoms with van der Waals surface area (Å²) in [5, 5.41) is 0. The maximum atomic E-state index is 12.6. The summed E-state index contributed by atoms with van der Waals surface area (Å²) >= 11 is 3.44. The van der Waals surface area contributed by atoms with E-state index >= 15 is 0 Å². The Kier molecular flexibility index (Phi) is 5.58. The summed E-state index contributed by atoms with van der Waals surface area (Å²) in [4.78, 5) is 24.6. The van der Waals surface area contributed by atoms with Crippen molar-refractivity contribution in [2.24, 2.45) is 5.92 Å². The van der Waals surface area contributed by atoms with Gasteiger partial charge in [-0.15, -0.1) is 0 Å². The van der Waals surface area contributed by atoms with Crippen LogP contribution in [0.25, 0.3) is 5.69 Å². The van der Waals surface area contributed by atoms with Crippen LogP contribution in [-0.4, -0.2) is 42.9 Å². The maximum absolute atomic E-state index is 12.6. The molecule has 1 atom stereocenters. The quantitative estimate of drug-likeness (QED) is 0.513. The van der Waals surface area contributed by atoms with Gasteiger partial charge in [-0.1, -0.05) is 22.0 Å². The summed E-state index contributed by atoms with van der Waals surface area (Å²) < 4.78 is 30.9. The smallest absolute Gasteiger partial charge is 0.310 e. The third kappa shape index (κ3) is 4.32. The third-order valence-electron chi connectivity index (χ3n) is 4.71. The molecule has 1 fully saturated rings. The molecule has 0 spiro atoms. The number of hydrogen-bond donors (Lipinski definition) is 0. The summed E-state index contributed by atoms with van der Waals surface area (Å²) in [6, 6.07) is 9.50. The van der Waals surface area contributed by atoms with Crippen LogP contribution in [0.5, 0.6) is 0 Å². The Hall–Kier alpha value is -1.93. The first kappa shape index (κ1) is 19.8. The fraction of sp³-hybridized carbons (Fsp3) is 0.368. The first-order chi connectivity index (χ1) is 12.7. The largest absolute Gasteiger partial charge is 0.457 e. The number of Topliss-reactive ketones (excluding diaryl/α,β-unsaturated/α-hetero) is 1. The molecule has 144 valence electrons. The second-order valence-electron chi connectivity index (χ2n) is 6.73. The lowest BCUT2D eigenvalue weighted by atomic mass is 10.1. The summed E-state index contributed by atoms with van der Waals surface area (Å²) in [5.41, 5.74) is 3.06. The molecule has 0 N–H and O–H groups in total. The predicted octanol–water partition coefficient (Wildman–Crippen LogP) is 3.02. The van der Waals surface area contributed by atoms with Crippen LogP contribution in [-0.2, 0) is 19.4 Å². The van der Waals surface area contributed by atoms with Crippen LogP contribution in [0.1, 0.15) is 28.2 Å². The van der Waals surface area contributed by atoms with Crippen LogP contribution >= 0.6 is 15.9 Å². The molecule has 1 unspecified atom stereocenters. The minimum Gasteiger partial charge on any atom is -0.457 e. The Morgan fingerprint density at radius 2 is 2.00 bits per heavy atom. The van der Waals surface area contributed by atoms with Gasteiger partial charge in [0.1, 0.15) is 0 Å². The fourth-order valence-corrected chi connectivity index (χ4v) is 5.48. The highest BCUT2D eigenvalue weighted by Gasteiger charge is 2.34. The number of carbonyl (C=O) groups excluding carboxylic acids is 2. The van der Waals surface area contributed by atoms with Gasteiger partial charge in [0, 0.05) is 27.1 Å². The van der Waals surface area contributed by atoms with Gasteiger partial charge < -0.3 is 9.30 Å². The number of ketones is 1. The van der Waals surface area contributed by atoms with Crippen LogP contribution in [0.15, 0.2) is 34.8 Å². The molecule has 1 aliphatic rings. The summed E-state index contributed by atoms with van der Waals surface area (Å²) in [6.07, 6.45) is 0.257. The van der Waals surface area contributed by atoms with Crippen LogP contribution in [0.4, 0.5) is 0 Å². The molecular formula is C19H20BrNO5S. The van der Waals surface area contributed by atoms with Gasteiger partial charge in [-0.2, -0.15) is 0 Å². The average molecular weight is 454 g/mol. The lowest BCUT2D eigenvalue weighted by molar-refractivity contribution is -0.146. The molecule has 1 saturated heterocycles. The Bertz CT molecular complexity index is 1010. The number of nitrogens with zero attached hydrogens (tertiary/aromatic N) is 1. The van der Waals surface area contributed by atoms with E-state index in [2.05, 4.69) is 15.9 Å². The average Bonchev–Trinajstić information content (AvgIpc) is 3.11. The van der Waals surface area contributed by atoms with Crippen LogP contribution in [0.3, 0.4) is 0 Å². The molecule has 2 aromatic rings. The maximum Gasteiger partial charge on any atom is 0.310 e. The van der Waals surface area contributed by atoms with Gasteiger partial charge in [-0.25, -0.2) is 8.42 Å². The lowest BCUT2D eigenvalue weighted by Crippen LogP contribution is -2.22. The second-order valence-corrected chi connectivity index (χ2v) is 9.88. The number of aromatic nitrogens is 1. The first-order valence-electron chi connectivity index (χ1n) is 8.53. The molecule has 0 radical (unpaired) electrons. The summed E-state index contributed by atoms with van der Waals surface area (Å²) in [7, 11) is -3.17. The Morgan fingerprint density at radius 1 is 1.26 bits per heavy atom. The van der Waals surface area contributed by atoms with E-state index in [0.29, 0.717) is 5.56 Å². The number of esters is 1. The van der Waals surface area contributed by atoms with E-state index in [0.717, 1.165) is 21.5 Å². The fourth-order valence-electron chi connectivity index (χ4n) is 3.37. The van der Waals surface area contributed by atoms with Crippen molar-refractivity contribution in [3.63, 3.8) is 0 Å². The predicted molar refractivity (Wildman–Crippen MR) is 105 cm³/mol. The van der Waals surface area contributed by atoms with Crippen molar-refractivity contribution in [3.8, 4) is 5.69 Å². The lowest BCUT2D eigenvalue weighted by Gasteiger charge is -2.11. The number of hydrogen-bond acceptors (Lipinski definition) is 5. The van der Waals surface area contributed by atoms with E-state index in [9.17, 15) is 18.0 Å². The van der Waals surface area contributed by atoms with Gasteiger partial charge in [0.15, 0.2) is 16.4 Å². The molecule has 27 heavy (non-hydrogen) atoms. The van der Waals surface area contributed by atoms with E-state index in [1.54, 1.807) is 6.07 Å². The number of carbonyl (C=O) groups is 2. The Labute approximate surface area is 166 Å². The molecule has 0 saturated carbocycles. The Morgan fingerprint density at radius 3 is 2.63 bits per heavy atom. The second kappa shape index (κ2) is 7.59. The monoisotopic (exact) mass is 453 g/mol. The number of ether oxygens (including phenoxy) is 1. The topological polar surface area (TPSA) is 82.4 Å². The molecule has 8 heteroatoms. The highest BCUT2D eigenvalue weighted by Crippen LogP contribution is 2.24. The standard InChI is InChI=1S/C19H20BrNO5S/c1-12-8-17(13(2)21(12)16-5-3-4-15(20)9-16)18(22)10-26-19(23)14-6-7-27(24,25)11-14/h3-5,8-9,14H,6-7,10-11H2,1-2H3. The highest BCUT2D eigenvalue weighted by molar-refractivity contribution is 9.10. The third-order valence-corrected chi connectivity index (χ3v) is 6.97. The zero-order valence-electron chi connectivity index (χ0n) is 15.1. The molecule has 1 aromatic carbocycles. The van der Waals surface area contributed by atoms with Crippen molar-refractivity contribution in [3.05, 3.63) is 51.8 Å². The van der Waals surface area contributed by atoms with E-state index in [-0.39, 0.29) is 23.7 Å². The molecule has 2 heterocycles. The highest BCUT2D eigenvalue weighted by atomic mass is 79.9. The molecular weight excluding hydrogens is 434 g/mol. The van der Waals surface area contributed by atoms with E-state index < -0.39 is 28.3 Å². The van der Waals surface area contributed by atoms with Gasteiger partial charge >= 0.3 is 5.97 Å². The molecule has 0 aliphatic carbocycles. The SMILES string of the molecule is Cc1cc(C(=O)COC(=O)C2CCS(=O)(=O)C2)c(C)n1-c1cccc(Br)c1.